The largest absolute Gasteiger partial charge is 0.756 e. The minimum Gasteiger partial charge on any atom is -0.756 e. The molecule has 0 fully saturated rings. The summed E-state index contributed by atoms with van der Waals surface area (Å²) in [7, 11) is 0. The third kappa shape index (κ3) is 2.43. The third-order valence-corrected chi connectivity index (χ3v) is 2.55. The zero-order valence-corrected chi connectivity index (χ0v) is 9.37. The molecule has 1 N–H and O–H groups in total. The molecule has 15 heavy (non-hydrogen) atoms. The molecule has 80 valence electrons. The van der Waals surface area contributed by atoms with Crippen molar-refractivity contribution in [3.05, 3.63) is 40.1 Å². The van der Waals surface area contributed by atoms with Crippen molar-refractivity contribution in [2.75, 3.05) is 6.67 Å². The lowest BCUT2D eigenvalue weighted by Crippen LogP contribution is -2.43. The van der Waals surface area contributed by atoms with Crippen molar-refractivity contribution in [2.24, 2.45) is 4.99 Å². The van der Waals surface area contributed by atoms with Crippen LogP contribution in [0.2, 0.25) is 5.02 Å². The first kappa shape index (κ1) is 10.8. The molecule has 0 aliphatic carbocycles. The van der Waals surface area contributed by atoms with Crippen molar-refractivity contribution in [3.63, 3.8) is 0 Å². The molecule has 6 heteroatoms. The van der Waals surface area contributed by atoms with Crippen LogP contribution in [0.5, 0.6) is 0 Å². The number of nitrogens with zero attached hydrogens (tertiary/aromatic N) is 2. The average molecular weight is 243 g/mol. The zero-order valence-electron chi connectivity index (χ0n) is 7.72. The molecule has 0 spiro atoms. The van der Waals surface area contributed by atoms with Gasteiger partial charge in [0.05, 0.1) is 6.67 Å². The van der Waals surface area contributed by atoms with Crippen molar-refractivity contribution >= 4 is 30.1 Å². The highest BCUT2D eigenvalue weighted by atomic mass is 35.5. The lowest BCUT2D eigenvalue weighted by molar-refractivity contribution is 0.447. The Labute approximate surface area is 97.9 Å². The molecule has 0 saturated carbocycles. The standard InChI is InChI=1S/C9H9ClN3OS/c10-7-3-1-6(2-4-7)8-12-9(15)11-5-13(8)14/h1-4,9,11,15H,5H2/q-1. The number of halogens is 1. The molecule has 4 nitrogen and oxygen atoms in total. The highest BCUT2D eigenvalue weighted by Crippen LogP contribution is 2.14. The summed E-state index contributed by atoms with van der Waals surface area (Å²) in [6.07, 6.45) is 0. The maximum absolute atomic E-state index is 11.5. The summed E-state index contributed by atoms with van der Waals surface area (Å²) < 4.78 is 0. The van der Waals surface area contributed by atoms with E-state index >= 15 is 0 Å². The minimum absolute atomic E-state index is 0.190. The third-order valence-electron chi connectivity index (χ3n) is 2.00. The Bertz CT molecular complexity index is 381. The van der Waals surface area contributed by atoms with Gasteiger partial charge in [0.15, 0.2) is 0 Å². The molecule has 0 saturated heterocycles. The maximum Gasteiger partial charge on any atom is 0.147 e. The van der Waals surface area contributed by atoms with Crippen LogP contribution in [-0.4, -0.2) is 23.1 Å². The number of hydrogen-bond acceptors (Lipinski definition) is 5. The van der Waals surface area contributed by atoms with Crippen LogP contribution in [0.3, 0.4) is 0 Å². The molecule has 0 radical (unpaired) electrons. The van der Waals surface area contributed by atoms with Gasteiger partial charge >= 0.3 is 0 Å². The molecule has 1 heterocycles. The second-order valence-electron chi connectivity index (χ2n) is 3.07. The van der Waals surface area contributed by atoms with Crippen molar-refractivity contribution in [2.45, 2.75) is 5.50 Å². The molecule has 1 aromatic carbocycles. The SMILES string of the molecule is [O-]N1CNC(S)N=C1c1ccc(Cl)cc1. The Kier molecular flexibility index (Phi) is 3.16. The van der Waals surface area contributed by atoms with E-state index in [0.717, 1.165) is 10.6 Å². The fourth-order valence-electron chi connectivity index (χ4n) is 1.28. The number of amidine groups is 1. The van der Waals surface area contributed by atoms with Gasteiger partial charge in [0.2, 0.25) is 0 Å². The lowest BCUT2D eigenvalue weighted by Gasteiger charge is -2.37. The highest BCUT2D eigenvalue weighted by Gasteiger charge is 2.13. The van der Waals surface area contributed by atoms with Gasteiger partial charge in [0.1, 0.15) is 11.3 Å². The van der Waals surface area contributed by atoms with E-state index in [1.807, 2.05) is 0 Å². The van der Waals surface area contributed by atoms with E-state index in [-0.39, 0.29) is 12.2 Å². The van der Waals surface area contributed by atoms with Gasteiger partial charge in [-0.2, -0.15) is 0 Å². The van der Waals surface area contributed by atoms with Gasteiger partial charge < -0.3 is 10.3 Å². The first-order chi connectivity index (χ1) is 7.16. The van der Waals surface area contributed by atoms with E-state index < -0.39 is 0 Å². The number of hydroxylamine groups is 2. The fourth-order valence-corrected chi connectivity index (χ4v) is 1.60. The van der Waals surface area contributed by atoms with Crippen molar-refractivity contribution in [1.82, 2.24) is 10.4 Å². The van der Waals surface area contributed by atoms with E-state index in [1.54, 1.807) is 24.3 Å². The van der Waals surface area contributed by atoms with Gasteiger partial charge in [-0.15, -0.1) is 12.6 Å². The summed E-state index contributed by atoms with van der Waals surface area (Å²) in [5.74, 6) is 0.380. The number of rotatable bonds is 1. The van der Waals surface area contributed by atoms with Gasteiger partial charge in [-0.3, -0.25) is 5.32 Å². The second kappa shape index (κ2) is 4.40. The molecule has 0 amide bonds. The van der Waals surface area contributed by atoms with E-state index in [1.165, 1.54) is 0 Å². The molecule has 0 bridgehead atoms. The van der Waals surface area contributed by atoms with Gasteiger partial charge in [0, 0.05) is 10.6 Å². The van der Waals surface area contributed by atoms with E-state index in [9.17, 15) is 5.21 Å². The minimum atomic E-state index is -0.333. The van der Waals surface area contributed by atoms with Crippen LogP contribution in [0.1, 0.15) is 5.56 Å². The molecule has 0 aromatic heterocycles. The average Bonchev–Trinajstić information content (AvgIpc) is 2.23. The first-order valence-electron chi connectivity index (χ1n) is 4.36. The first-order valence-corrected chi connectivity index (χ1v) is 5.26. The van der Waals surface area contributed by atoms with Crippen molar-refractivity contribution < 1.29 is 0 Å². The van der Waals surface area contributed by atoms with Gasteiger partial charge in [-0.1, -0.05) is 11.6 Å². The Balaban J connectivity index is 2.32. The Hall–Kier alpha value is -0.750. The molecular formula is C9H9ClN3OS-. The quantitative estimate of drug-likeness (QED) is 0.737. The molecule has 1 aromatic rings. The van der Waals surface area contributed by atoms with Crippen LogP contribution in [-0.2, 0) is 0 Å². The summed E-state index contributed by atoms with van der Waals surface area (Å²) >= 11 is 9.90. The second-order valence-corrected chi connectivity index (χ2v) is 4.00. The summed E-state index contributed by atoms with van der Waals surface area (Å²) in [6.45, 7) is 0.190. The molecule has 1 aliphatic heterocycles. The smallest absolute Gasteiger partial charge is 0.147 e. The number of thiol groups is 1. The normalized spacial score (nSPS) is 21.4. The fraction of sp³-hybridized carbons (Fsp3) is 0.222. The zero-order chi connectivity index (χ0) is 10.8. The van der Waals surface area contributed by atoms with Crippen LogP contribution in [0.25, 0.3) is 0 Å². The molecule has 2 rings (SSSR count). The molecule has 1 atom stereocenters. The summed E-state index contributed by atoms with van der Waals surface area (Å²) in [4.78, 5) is 4.10. The van der Waals surface area contributed by atoms with Crippen LogP contribution < -0.4 is 5.32 Å². The molecule has 1 aliphatic rings. The molecule has 1 unspecified atom stereocenters. The van der Waals surface area contributed by atoms with Crippen LogP contribution in [0.15, 0.2) is 29.3 Å². The number of aliphatic imine (C=N–C) groups is 1. The number of hydrogen-bond donors (Lipinski definition) is 2. The lowest BCUT2D eigenvalue weighted by atomic mass is 10.2. The van der Waals surface area contributed by atoms with Gasteiger partial charge in [0.25, 0.3) is 0 Å². The van der Waals surface area contributed by atoms with E-state index in [2.05, 4.69) is 22.9 Å². The van der Waals surface area contributed by atoms with E-state index in [4.69, 9.17) is 11.6 Å². The highest BCUT2D eigenvalue weighted by molar-refractivity contribution is 7.80. The summed E-state index contributed by atoms with van der Waals surface area (Å²) in [5.41, 5.74) is 0.413. The Morgan fingerprint density at radius 2 is 2.13 bits per heavy atom. The summed E-state index contributed by atoms with van der Waals surface area (Å²) in [6, 6.07) is 6.97. The monoisotopic (exact) mass is 242 g/mol. The van der Waals surface area contributed by atoms with Crippen LogP contribution in [0, 0.1) is 5.21 Å². The number of benzene rings is 1. The van der Waals surface area contributed by atoms with E-state index in [0.29, 0.717) is 10.9 Å². The van der Waals surface area contributed by atoms with Crippen LogP contribution in [0.4, 0.5) is 0 Å². The van der Waals surface area contributed by atoms with Crippen LogP contribution >= 0.6 is 24.2 Å². The van der Waals surface area contributed by atoms with Gasteiger partial charge in [-0.05, 0) is 24.3 Å². The maximum atomic E-state index is 11.5. The topological polar surface area (TPSA) is 50.7 Å². The van der Waals surface area contributed by atoms with Crippen molar-refractivity contribution in [3.8, 4) is 0 Å². The number of nitrogens with one attached hydrogen (secondary N) is 1. The van der Waals surface area contributed by atoms with Crippen molar-refractivity contribution in [1.29, 1.82) is 0 Å². The van der Waals surface area contributed by atoms with Gasteiger partial charge in [-0.25, -0.2) is 4.99 Å². The Morgan fingerprint density at radius 1 is 1.47 bits per heavy atom. The predicted molar refractivity (Wildman–Crippen MR) is 64.0 cm³/mol. The molecular weight excluding hydrogens is 234 g/mol. The Morgan fingerprint density at radius 3 is 2.80 bits per heavy atom. The summed E-state index contributed by atoms with van der Waals surface area (Å²) in [5, 5.41) is 15.7. The predicted octanol–water partition coefficient (Wildman–Crippen LogP) is 1.66.